The number of pyridine rings is 1. The van der Waals surface area contributed by atoms with Crippen LogP contribution in [-0.2, 0) is 21.1 Å². The topological polar surface area (TPSA) is 129 Å². The number of nitrogens with one attached hydrogen (secondary N) is 1. The van der Waals surface area contributed by atoms with Crippen molar-refractivity contribution in [1.82, 2.24) is 15.0 Å². The SMILES string of the molecule is Nc1ncc(-c2ccc(C3(C(=O)Nc4ccc(N)c(C(F)(F)F)n4)CCOCC3)cc2)cn1. The van der Waals surface area contributed by atoms with E-state index in [1.165, 1.54) is 6.07 Å². The van der Waals surface area contributed by atoms with E-state index in [1.807, 2.05) is 24.3 Å². The average Bonchev–Trinajstić information content (AvgIpc) is 2.80. The molecule has 0 saturated carbocycles. The maximum Gasteiger partial charge on any atom is 0.435 e. The smallest absolute Gasteiger partial charge is 0.397 e. The lowest BCUT2D eigenvalue weighted by Gasteiger charge is -2.36. The molecule has 0 aliphatic carbocycles. The molecule has 33 heavy (non-hydrogen) atoms. The molecule has 3 aromatic rings. The van der Waals surface area contributed by atoms with Gasteiger partial charge in [-0.15, -0.1) is 0 Å². The lowest BCUT2D eigenvalue weighted by atomic mass is 9.73. The van der Waals surface area contributed by atoms with Gasteiger partial charge in [0.05, 0.1) is 11.1 Å². The van der Waals surface area contributed by atoms with Gasteiger partial charge in [-0.05, 0) is 36.1 Å². The van der Waals surface area contributed by atoms with Crippen molar-refractivity contribution in [3.05, 3.63) is 60.0 Å². The molecular formula is C22H21F3N6O2. The van der Waals surface area contributed by atoms with E-state index in [9.17, 15) is 18.0 Å². The van der Waals surface area contributed by atoms with E-state index in [1.54, 1.807) is 12.4 Å². The lowest BCUT2D eigenvalue weighted by Crippen LogP contribution is -2.45. The number of halogens is 3. The molecule has 1 aliphatic rings. The van der Waals surface area contributed by atoms with Crippen LogP contribution in [0.2, 0.25) is 0 Å². The number of benzene rings is 1. The van der Waals surface area contributed by atoms with Gasteiger partial charge in [0, 0.05) is 31.2 Å². The van der Waals surface area contributed by atoms with Crippen LogP contribution in [0.15, 0.2) is 48.8 Å². The molecule has 1 saturated heterocycles. The van der Waals surface area contributed by atoms with Crippen LogP contribution in [0.1, 0.15) is 24.1 Å². The molecule has 0 atom stereocenters. The molecule has 0 radical (unpaired) electrons. The fourth-order valence-electron chi connectivity index (χ4n) is 3.84. The second kappa shape index (κ2) is 8.66. The summed E-state index contributed by atoms with van der Waals surface area (Å²) < 4.78 is 45.0. The third kappa shape index (κ3) is 4.58. The Morgan fingerprint density at radius 2 is 1.61 bits per heavy atom. The van der Waals surface area contributed by atoms with Crippen LogP contribution in [0.3, 0.4) is 0 Å². The molecule has 1 fully saturated rings. The number of anilines is 3. The molecule has 0 spiro atoms. The molecular weight excluding hydrogens is 437 g/mol. The second-order valence-electron chi connectivity index (χ2n) is 7.69. The molecule has 8 nitrogen and oxygen atoms in total. The van der Waals surface area contributed by atoms with Crippen LogP contribution in [0.5, 0.6) is 0 Å². The van der Waals surface area contributed by atoms with Gasteiger partial charge in [-0.25, -0.2) is 15.0 Å². The first-order valence-electron chi connectivity index (χ1n) is 10.1. The third-order valence-electron chi connectivity index (χ3n) is 5.66. The number of nitrogens with two attached hydrogens (primary N) is 2. The minimum atomic E-state index is -4.73. The van der Waals surface area contributed by atoms with Crippen molar-refractivity contribution >= 4 is 23.4 Å². The molecule has 1 aliphatic heterocycles. The molecule has 4 rings (SSSR count). The molecule has 3 heterocycles. The minimum Gasteiger partial charge on any atom is -0.397 e. The highest BCUT2D eigenvalue weighted by Gasteiger charge is 2.42. The standard InChI is InChI=1S/C22H21F3N6O2/c23-22(24,25)18-16(26)5-6-17(30-18)31-19(32)21(7-9-33-10-8-21)15-3-1-13(2-4-15)14-11-28-20(27)29-12-14/h1-6,11-12H,7-10,26H2,(H2,27,28,29)(H,30,31,32). The Labute approximate surface area is 187 Å². The van der Waals surface area contributed by atoms with Crippen molar-refractivity contribution in [3.8, 4) is 11.1 Å². The van der Waals surface area contributed by atoms with Gasteiger partial charge < -0.3 is 21.5 Å². The first-order valence-corrected chi connectivity index (χ1v) is 10.1. The van der Waals surface area contributed by atoms with E-state index < -0.39 is 28.9 Å². The molecule has 1 amide bonds. The number of nitrogens with zero attached hydrogens (tertiary/aromatic N) is 3. The number of aromatic nitrogens is 3. The third-order valence-corrected chi connectivity index (χ3v) is 5.66. The predicted octanol–water partition coefficient (Wildman–Crippen LogP) is 3.41. The normalized spacial score (nSPS) is 15.7. The van der Waals surface area contributed by atoms with Gasteiger partial charge in [0.15, 0.2) is 5.69 Å². The minimum absolute atomic E-state index is 0.165. The highest BCUT2D eigenvalue weighted by Crippen LogP contribution is 2.38. The molecule has 0 bridgehead atoms. The van der Waals surface area contributed by atoms with Gasteiger partial charge in [0.1, 0.15) is 5.82 Å². The summed E-state index contributed by atoms with van der Waals surface area (Å²) in [5, 5.41) is 2.55. The van der Waals surface area contributed by atoms with Crippen molar-refractivity contribution in [2.45, 2.75) is 24.4 Å². The lowest BCUT2D eigenvalue weighted by molar-refractivity contribution is -0.140. The average molecular weight is 458 g/mol. The van der Waals surface area contributed by atoms with Gasteiger partial charge in [-0.2, -0.15) is 13.2 Å². The van der Waals surface area contributed by atoms with E-state index in [4.69, 9.17) is 16.2 Å². The number of hydrogen-bond acceptors (Lipinski definition) is 7. The van der Waals surface area contributed by atoms with Crippen LogP contribution in [0.4, 0.5) is 30.6 Å². The predicted molar refractivity (Wildman–Crippen MR) is 116 cm³/mol. The summed E-state index contributed by atoms with van der Waals surface area (Å²) in [5.74, 6) is -0.513. The van der Waals surface area contributed by atoms with Crippen LogP contribution in [0.25, 0.3) is 11.1 Å². The summed E-state index contributed by atoms with van der Waals surface area (Å²) in [6.45, 7) is 0.674. The molecule has 1 aromatic carbocycles. The van der Waals surface area contributed by atoms with Gasteiger partial charge in [-0.3, -0.25) is 4.79 Å². The number of amides is 1. The van der Waals surface area contributed by atoms with Gasteiger partial charge in [0.25, 0.3) is 0 Å². The van der Waals surface area contributed by atoms with E-state index >= 15 is 0 Å². The molecule has 172 valence electrons. The Kier molecular flexibility index (Phi) is 5.90. The van der Waals surface area contributed by atoms with Gasteiger partial charge >= 0.3 is 6.18 Å². The number of carbonyl (C=O) groups is 1. The van der Waals surface area contributed by atoms with Gasteiger partial charge in [-0.1, -0.05) is 24.3 Å². The Hall–Kier alpha value is -3.73. The number of nitrogen functional groups attached to an aromatic ring is 2. The van der Waals surface area contributed by atoms with Crippen LogP contribution >= 0.6 is 0 Å². The number of hydrogen-bond donors (Lipinski definition) is 3. The van der Waals surface area contributed by atoms with E-state index in [2.05, 4.69) is 20.3 Å². The van der Waals surface area contributed by atoms with Crippen molar-refractivity contribution < 1.29 is 22.7 Å². The summed E-state index contributed by atoms with van der Waals surface area (Å²) in [7, 11) is 0. The van der Waals surface area contributed by atoms with Crippen molar-refractivity contribution in [2.24, 2.45) is 0 Å². The monoisotopic (exact) mass is 458 g/mol. The fourth-order valence-corrected chi connectivity index (χ4v) is 3.84. The maximum absolute atomic E-state index is 13.4. The maximum atomic E-state index is 13.4. The zero-order valence-corrected chi connectivity index (χ0v) is 17.4. The highest BCUT2D eigenvalue weighted by atomic mass is 19.4. The summed E-state index contributed by atoms with van der Waals surface area (Å²) in [6.07, 6.45) is -0.810. The summed E-state index contributed by atoms with van der Waals surface area (Å²) in [6, 6.07) is 9.61. The van der Waals surface area contributed by atoms with Crippen LogP contribution in [-0.4, -0.2) is 34.1 Å². The van der Waals surface area contributed by atoms with E-state index in [0.29, 0.717) is 26.1 Å². The van der Waals surface area contributed by atoms with E-state index in [0.717, 1.165) is 22.8 Å². The Morgan fingerprint density at radius 1 is 0.970 bits per heavy atom. The summed E-state index contributed by atoms with van der Waals surface area (Å²) >= 11 is 0. The molecule has 11 heteroatoms. The van der Waals surface area contributed by atoms with E-state index in [-0.39, 0.29) is 11.8 Å². The number of ether oxygens (including phenoxy) is 1. The summed E-state index contributed by atoms with van der Waals surface area (Å²) in [4.78, 5) is 24.9. The Balaban J connectivity index is 1.64. The molecule has 5 N–H and O–H groups in total. The van der Waals surface area contributed by atoms with Crippen molar-refractivity contribution in [1.29, 1.82) is 0 Å². The number of carbonyl (C=O) groups excluding carboxylic acids is 1. The second-order valence-corrected chi connectivity index (χ2v) is 7.69. The zero-order valence-electron chi connectivity index (χ0n) is 17.4. The Bertz CT molecular complexity index is 1140. The molecule has 0 unspecified atom stereocenters. The fraction of sp³-hybridized carbons (Fsp3) is 0.273. The number of alkyl halides is 3. The first kappa shape index (κ1) is 22.5. The Morgan fingerprint density at radius 3 is 2.21 bits per heavy atom. The highest BCUT2D eigenvalue weighted by molar-refractivity contribution is 5.99. The van der Waals surface area contributed by atoms with Crippen molar-refractivity contribution in [3.63, 3.8) is 0 Å². The first-order chi connectivity index (χ1) is 15.7. The van der Waals surface area contributed by atoms with Crippen LogP contribution < -0.4 is 16.8 Å². The van der Waals surface area contributed by atoms with Gasteiger partial charge in [0.2, 0.25) is 11.9 Å². The van der Waals surface area contributed by atoms with Crippen molar-refractivity contribution in [2.75, 3.05) is 30.0 Å². The quantitative estimate of drug-likeness (QED) is 0.546. The molecule has 2 aromatic heterocycles. The number of rotatable bonds is 4. The van der Waals surface area contributed by atoms with Crippen LogP contribution in [0, 0.1) is 0 Å². The largest absolute Gasteiger partial charge is 0.435 e. The summed E-state index contributed by atoms with van der Waals surface area (Å²) in [5.41, 5.74) is 10.5. The zero-order chi connectivity index (χ0) is 23.6.